The average molecular weight is 192 g/mol. The molecule has 78 valence electrons. The molecule has 2 nitrogen and oxygen atoms in total. The zero-order valence-corrected chi connectivity index (χ0v) is 8.76. The third-order valence-electron chi connectivity index (χ3n) is 2.47. The Balaban J connectivity index is 4.56. The summed E-state index contributed by atoms with van der Waals surface area (Å²) in [5.74, 6) is 0. The number of hydrogen-bond acceptors (Lipinski definition) is 2. The van der Waals surface area contributed by atoms with Gasteiger partial charge in [0.15, 0.2) is 0 Å². The van der Waals surface area contributed by atoms with Crippen LogP contribution >= 0.6 is 0 Å². The molecule has 0 rings (SSSR count). The molecule has 0 aliphatic rings. The van der Waals surface area contributed by atoms with Crippen molar-refractivity contribution >= 4 is 0 Å². The fourth-order valence-electron chi connectivity index (χ4n) is 1.44. The zero-order chi connectivity index (χ0) is 10.9. The van der Waals surface area contributed by atoms with Gasteiger partial charge in [-0.25, -0.2) is 0 Å². The largest absolute Gasteiger partial charge is 0.330 e. The molecule has 0 amide bonds. The Morgan fingerprint density at radius 1 is 1.07 bits per heavy atom. The van der Waals surface area contributed by atoms with Gasteiger partial charge >= 0.3 is 0 Å². The van der Waals surface area contributed by atoms with Crippen molar-refractivity contribution < 1.29 is 0 Å². The fourth-order valence-corrected chi connectivity index (χ4v) is 1.44. The van der Waals surface area contributed by atoms with E-state index in [0.29, 0.717) is 13.1 Å². The van der Waals surface area contributed by atoms with Crippen LogP contribution in [0.25, 0.3) is 0 Å². The van der Waals surface area contributed by atoms with E-state index in [1.165, 1.54) is 0 Å². The summed E-state index contributed by atoms with van der Waals surface area (Å²) >= 11 is 0. The Hall–Kier alpha value is -1.04. The number of allylic oxidation sites excluding steroid dienone is 2. The van der Waals surface area contributed by atoms with E-state index in [4.69, 9.17) is 11.5 Å². The van der Waals surface area contributed by atoms with Crippen molar-refractivity contribution in [1.29, 1.82) is 0 Å². The van der Waals surface area contributed by atoms with Gasteiger partial charge in [0.2, 0.25) is 0 Å². The molecule has 0 saturated carbocycles. The average Bonchev–Trinajstić information content (AvgIpc) is 2.22. The van der Waals surface area contributed by atoms with Crippen LogP contribution in [0.4, 0.5) is 0 Å². The van der Waals surface area contributed by atoms with Crippen LogP contribution in [0.5, 0.6) is 0 Å². The van der Waals surface area contributed by atoms with Gasteiger partial charge in [-0.15, -0.1) is 11.5 Å². The van der Waals surface area contributed by atoms with Crippen LogP contribution in [-0.2, 0) is 0 Å². The first-order valence-corrected chi connectivity index (χ1v) is 4.83. The molecule has 4 N–H and O–H groups in total. The van der Waals surface area contributed by atoms with E-state index in [2.05, 4.69) is 24.6 Å². The van der Waals surface area contributed by atoms with Crippen molar-refractivity contribution in [3.05, 3.63) is 36.8 Å². The predicted octanol–water partition coefficient (Wildman–Crippen LogP) is 1.74. The van der Waals surface area contributed by atoms with Gasteiger partial charge in [0.05, 0.1) is 0 Å². The Bertz CT molecular complexity index is 223. The zero-order valence-electron chi connectivity index (χ0n) is 8.76. The predicted molar refractivity (Wildman–Crippen MR) is 61.8 cm³/mol. The molecule has 0 aromatic rings. The van der Waals surface area contributed by atoms with Crippen LogP contribution in [0.1, 0.15) is 19.3 Å². The fraction of sp³-hybridized carbons (Fsp3) is 0.500. The first-order valence-electron chi connectivity index (χ1n) is 4.83. The summed E-state index contributed by atoms with van der Waals surface area (Å²) in [6.07, 6.45) is 6.46. The van der Waals surface area contributed by atoms with Crippen molar-refractivity contribution in [1.82, 2.24) is 0 Å². The highest BCUT2D eigenvalue weighted by molar-refractivity contribution is 4.95. The van der Waals surface area contributed by atoms with Crippen LogP contribution in [0, 0.1) is 5.41 Å². The lowest BCUT2D eigenvalue weighted by atomic mass is 9.78. The molecule has 0 aliphatic carbocycles. The minimum absolute atomic E-state index is 0.0319. The lowest BCUT2D eigenvalue weighted by molar-refractivity contribution is 0.285. The van der Waals surface area contributed by atoms with Crippen molar-refractivity contribution in [2.24, 2.45) is 16.9 Å². The van der Waals surface area contributed by atoms with Crippen LogP contribution < -0.4 is 11.5 Å². The van der Waals surface area contributed by atoms with Crippen LogP contribution in [0.15, 0.2) is 36.8 Å². The Morgan fingerprint density at radius 3 is 1.86 bits per heavy atom. The molecular weight excluding hydrogens is 172 g/mol. The molecule has 2 heteroatoms. The van der Waals surface area contributed by atoms with E-state index >= 15 is 0 Å². The summed E-state index contributed by atoms with van der Waals surface area (Å²) in [5.41, 5.74) is 16.9. The first kappa shape index (κ1) is 13.0. The van der Waals surface area contributed by atoms with Gasteiger partial charge in [0.25, 0.3) is 0 Å². The molecule has 0 saturated heterocycles. The second kappa shape index (κ2) is 7.37. The quantitative estimate of drug-likeness (QED) is 0.604. The third kappa shape index (κ3) is 4.27. The van der Waals surface area contributed by atoms with E-state index in [9.17, 15) is 0 Å². The maximum Gasteiger partial charge on any atom is -0.00137 e. The number of hydrogen-bond donors (Lipinski definition) is 2. The van der Waals surface area contributed by atoms with Gasteiger partial charge in [-0.3, -0.25) is 0 Å². The molecule has 0 spiro atoms. The van der Waals surface area contributed by atoms with Crippen molar-refractivity contribution in [2.45, 2.75) is 19.3 Å². The lowest BCUT2D eigenvalue weighted by Gasteiger charge is -2.29. The van der Waals surface area contributed by atoms with E-state index in [1.54, 1.807) is 0 Å². The van der Waals surface area contributed by atoms with Crippen LogP contribution in [0.3, 0.4) is 0 Å². The summed E-state index contributed by atoms with van der Waals surface area (Å²) in [7, 11) is 0. The van der Waals surface area contributed by atoms with Gasteiger partial charge in [0, 0.05) is 0 Å². The van der Waals surface area contributed by atoms with Crippen LogP contribution in [-0.4, -0.2) is 13.1 Å². The smallest absolute Gasteiger partial charge is 0.00137 e. The monoisotopic (exact) mass is 192 g/mol. The van der Waals surface area contributed by atoms with Gasteiger partial charge in [-0.2, -0.15) is 0 Å². The molecule has 0 bridgehead atoms. The molecule has 0 aromatic heterocycles. The maximum absolute atomic E-state index is 5.78. The van der Waals surface area contributed by atoms with Crippen molar-refractivity contribution in [3.63, 3.8) is 0 Å². The second-order valence-corrected chi connectivity index (χ2v) is 3.47. The molecule has 0 fully saturated rings. The highest BCUT2D eigenvalue weighted by Crippen LogP contribution is 2.29. The van der Waals surface area contributed by atoms with E-state index in [0.717, 1.165) is 19.3 Å². The third-order valence-corrected chi connectivity index (χ3v) is 2.47. The Kier molecular flexibility index (Phi) is 6.82. The Morgan fingerprint density at radius 2 is 1.57 bits per heavy atom. The topological polar surface area (TPSA) is 52.0 Å². The summed E-state index contributed by atoms with van der Waals surface area (Å²) in [4.78, 5) is 0. The molecule has 0 atom stereocenters. The summed E-state index contributed by atoms with van der Waals surface area (Å²) in [6, 6.07) is 0. The summed E-state index contributed by atoms with van der Waals surface area (Å²) < 4.78 is 0. The standard InChI is InChI=1S/C12H20N2/c1-3-5-7-12(11-14,9-10-13)8-6-4-2/h5-6H,1-2,7-11,13-14H2. The lowest BCUT2D eigenvalue weighted by Crippen LogP contribution is -2.32. The van der Waals surface area contributed by atoms with E-state index in [1.807, 2.05) is 12.2 Å². The molecule has 0 unspecified atom stereocenters. The van der Waals surface area contributed by atoms with E-state index < -0.39 is 0 Å². The van der Waals surface area contributed by atoms with Crippen molar-refractivity contribution in [2.75, 3.05) is 13.1 Å². The Labute approximate surface area is 86.7 Å². The molecule has 0 aliphatic heterocycles. The van der Waals surface area contributed by atoms with Crippen molar-refractivity contribution in [3.8, 4) is 0 Å². The highest BCUT2D eigenvalue weighted by Gasteiger charge is 2.24. The number of nitrogens with two attached hydrogens (primary N) is 2. The van der Waals surface area contributed by atoms with Gasteiger partial charge < -0.3 is 11.5 Å². The normalized spacial score (nSPS) is 13.6. The molecule has 0 heterocycles. The first-order chi connectivity index (χ1) is 6.74. The summed E-state index contributed by atoms with van der Waals surface area (Å²) in [6.45, 7) is 8.35. The molecule has 14 heavy (non-hydrogen) atoms. The van der Waals surface area contributed by atoms with Gasteiger partial charge in [-0.1, -0.05) is 13.2 Å². The SMILES string of the molecule is C=C=CCC(CN)(CC=C=C)CCN. The second-order valence-electron chi connectivity index (χ2n) is 3.47. The molecule has 0 aromatic carbocycles. The minimum atomic E-state index is 0.0319. The number of rotatable bonds is 7. The van der Waals surface area contributed by atoms with Gasteiger partial charge in [0.1, 0.15) is 0 Å². The van der Waals surface area contributed by atoms with Crippen LogP contribution in [0.2, 0.25) is 0 Å². The summed E-state index contributed by atoms with van der Waals surface area (Å²) in [5, 5.41) is 0. The van der Waals surface area contributed by atoms with Gasteiger partial charge in [-0.05, 0) is 49.9 Å². The highest BCUT2D eigenvalue weighted by atomic mass is 14.6. The molecule has 0 radical (unpaired) electrons. The minimum Gasteiger partial charge on any atom is -0.330 e. The molecular formula is C12H20N2. The maximum atomic E-state index is 5.78. The van der Waals surface area contributed by atoms with E-state index in [-0.39, 0.29) is 5.41 Å².